The van der Waals surface area contributed by atoms with Crippen molar-refractivity contribution in [2.24, 2.45) is 0 Å². The van der Waals surface area contributed by atoms with Crippen LogP contribution < -0.4 is 5.32 Å². The second-order valence-electron chi connectivity index (χ2n) is 6.18. The summed E-state index contributed by atoms with van der Waals surface area (Å²) in [6.45, 7) is 6.69. The van der Waals surface area contributed by atoms with E-state index in [-0.39, 0.29) is 4.75 Å². The first-order valence-corrected chi connectivity index (χ1v) is 8.91. The van der Waals surface area contributed by atoms with Crippen LogP contribution in [-0.2, 0) is 18.6 Å². The van der Waals surface area contributed by atoms with Gasteiger partial charge in [-0.3, -0.25) is 0 Å². The van der Waals surface area contributed by atoms with E-state index in [0.29, 0.717) is 0 Å². The van der Waals surface area contributed by atoms with Gasteiger partial charge >= 0.3 is 0 Å². The number of aryl methyl sites for hydroxylation is 2. The van der Waals surface area contributed by atoms with E-state index in [2.05, 4.69) is 26.1 Å². The molecule has 0 aliphatic heterocycles. The molecule has 1 aliphatic carbocycles. The summed E-state index contributed by atoms with van der Waals surface area (Å²) in [4.78, 5) is 12.2. The molecule has 0 unspecified atom stereocenters. The standard InChI is InChI=1S/C15H21N3S2/c1-15(2,3)19-8-11-17-13(16-4)12-9-6-5-7-10(9)20-14(12)18-11/h5-8H2,1-4H3,(H,16,17,18). The summed E-state index contributed by atoms with van der Waals surface area (Å²) in [5, 5.41) is 4.54. The number of rotatable bonds is 3. The van der Waals surface area contributed by atoms with E-state index >= 15 is 0 Å². The van der Waals surface area contributed by atoms with Gasteiger partial charge in [0.15, 0.2) is 0 Å². The zero-order valence-corrected chi connectivity index (χ0v) is 14.2. The molecule has 2 aromatic rings. The first-order valence-electron chi connectivity index (χ1n) is 7.11. The van der Waals surface area contributed by atoms with Gasteiger partial charge in [0.1, 0.15) is 16.5 Å². The third-order valence-corrected chi connectivity index (χ3v) is 5.94. The summed E-state index contributed by atoms with van der Waals surface area (Å²) in [5.74, 6) is 2.83. The number of thiophene rings is 1. The Hall–Kier alpha value is -0.810. The van der Waals surface area contributed by atoms with Crippen LogP contribution in [0.4, 0.5) is 5.82 Å². The minimum atomic E-state index is 0.245. The predicted octanol–water partition coefficient (Wildman–Crippen LogP) is 4.25. The lowest BCUT2D eigenvalue weighted by Crippen LogP contribution is -2.09. The number of hydrogen-bond donors (Lipinski definition) is 1. The fourth-order valence-electron chi connectivity index (χ4n) is 2.57. The Bertz CT molecular complexity index is 641. The molecule has 0 radical (unpaired) electrons. The van der Waals surface area contributed by atoms with Gasteiger partial charge in [-0.1, -0.05) is 20.8 Å². The van der Waals surface area contributed by atoms with Crippen molar-refractivity contribution in [1.29, 1.82) is 0 Å². The van der Waals surface area contributed by atoms with Crippen molar-refractivity contribution in [3.05, 3.63) is 16.3 Å². The number of aromatic nitrogens is 2. The van der Waals surface area contributed by atoms with E-state index in [1.807, 2.05) is 30.1 Å². The van der Waals surface area contributed by atoms with Crippen LogP contribution in [0.3, 0.4) is 0 Å². The summed E-state index contributed by atoms with van der Waals surface area (Å²) < 4.78 is 0.245. The van der Waals surface area contributed by atoms with Gasteiger partial charge in [-0.05, 0) is 24.8 Å². The Morgan fingerprint density at radius 2 is 2.05 bits per heavy atom. The van der Waals surface area contributed by atoms with Gasteiger partial charge in [-0.15, -0.1) is 23.1 Å². The van der Waals surface area contributed by atoms with Gasteiger partial charge in [-0.2, -0.15) is 0 Å². The minimum absolute atomic E-state index is 0.245. The maximum absolute atomic E-state index is 4.80. The largest absolute Gasteiger partial charge is 0.372 e. The van der Waals surface area contributed by atoms with Gasteiger partial charge in [0.2, 0.25) is 0 Å². The molecule has 20 heavy (non-hydrogen) atoms. The van der Waals surface area contributed by atoms with Crippen LogP contribution in [0.2, 0.25) is 0 Å². The second kappa shape index (κ2) is 5.19. The molecule has 0 atom stereocenters. The van der Waals surface area contributed by atoms with Gasteiger partial charge in [0, 0.05) is 16.7 Å². The fourth-order valence-corrected chi connectivity index (χ4v) is 4.54. The van der Waals surface area contributed by atoms with Gasteiger partial charge in [0.25, 0.3) is 0 Å². The Labute approximate surface area is 128 Å². The van der Waals surface area contributed by atoms with Crippen molar-refractivity contribution in [3.8, 4) is 0 Å². The third-order valence-electron chi connectivity index (χ3n) is 3.48. The van der Waals surface area contributed by atoms with Crippen molar-refractivity contribution in [1.82, 2.24) is 9.97 Å². The fraction of sp³-hybridized carbons (Fsp3) is 0.600. The van der Waals surface area contributed by atoms with E-state index in [1.54, 1.807) is 0 Å². The highest BCUT2D eigenvalue weighted by Gasteiger charge is 2.22. The molecule has 0 spiro atoms. The van der Waals surface area contributed by atoms with E-state index < -0.39 is 0 Å². The van der Waals surface area contributed by atoms with Crippen LogP contribution in [-0.4, -0.2) is 21.8 Å². The molecule has 108 valence electrons. The number of hydrogen-bond acceptors (Lipinski definition) is 5. The number of anilines is 1. The Kier molecular flexibility index (Phi) is 3.67. The van der Waals surface area contributed by atoms with E-state index in [0.717, 1.165) is 17.4 Å². The average Bonchev–Trinajstić information content (AvgIpc) is 2.94. The van der Waals surface area contributed by atoms with Crippen LogP contribution in [0.25, 0.3) is 10.2 Å². The van der Waals surface area contributed by atoms with Crippen molar-refractivity contribution in [2.75, 3.05) is 12.4 Å². The summed E-state index contributed by atoms with van der Waals surface area (Å²) in [6.07, 6.45) is 3.68. The molecule has 0 saturated heterocycles. The maximum atomic E-state index is 4.80. The number of thioether (sulfide) groups is 1. The lowest BCUT2D eigenvalue weighted by Gasteiger charge is -2.17. The molecule has 1 N–H and O–H groups in total. The van der Waals surface area contributed by atoms with Crippen LogP contribution in [0, 0.1) is 0 Å². The lowest BCUT2D eigenvalue weighted by atomic mass is 10.2. The molecule has 0 aromatic carbocycles. The Balaban J connectivity index is 2.00. The molecule has 3 rings (SSSR count). The molecule has 2 heterocycles. The van der Waals surface area contributed by atoms with Gasteiger partial charge in [0.05, 0.1) is 11.1 Å². The first-order chi connectivity index (χ1) is 9.48. The summed E-state index contributed by atoms with van der Waals surface area (Å²) in [5.41, 5.74) is 1.49. The highest BCUT2D eigenvalue weighted by Crippen LogP contribution is 2.39. The molecule has 3 nitrogen and oxygen atoms in total. The molecule has 0 saturated carbocycles. The number of nitrogens with zero attached hydrogens (tertiary/aromatic N) is 2. The third kappa shape index (κ3) is 2.66. The first kappa shape index (κ1) is 14.1. The molecular weight excluding hydrogens is 286 g/mol. The zero-order valence-electron chi connectivity index (χ0n) is 12.5. The smallest absolute Gasteiger partial charge is 0.142 e. The van der Waals surface area contributed by atoms with Crippen molar-refractivity contribution in [2.45, 2.75) is 50.5 Å². The van der Waals surface area contributed by atoms with Gasteiger partial charge in [-0.25, -0.2) is 9.97 Å². The van der Waals surface area contributed by atoms with Gasteiger partial charge < -0.3 is 5.32 Å². The predicted molar refractivity (Wildman–Crippen MR) is 90.0 cm³/mol. The average molecular weight is 307 g/mol. The zero-order chi connectivity index (χ0) is 14.3. The molecule has 0 amide bonds. The molecule has 1 aliphatic rings. The number of nitrogens with one attached hydrogen (secondary N) is 1. The van der Waals surface area contributed by atoms with Crippen molar-refractivity contribution < 1.29 is 0 Å². The SMILES string of the molecule is CNc1nc(CSC(C)(C)C)nc2sc3c(c12)CCC3. The normalized spacial score (nSPS) is 14.8. The Morgan fingerprint density at radius 1 is 1.25 bits per heavy atom. The monoisotopic (exact) mass is 307 g/mol. The molecule has 5 heteroatoms. The Morgan fingerprint density at radius 3 is 2.75 bits per heavy atom. The minimum Gasteiger partial charge on any atom is -0.372 e. The van der Waals surface area contributed by atoms with Crippen LogP contribution in [0.1, 0.15) is 43.5 Å². The van der Waals surface area contributed by atoms with Crippen molar-refractivity contribution in [3.63, 3.8) is 0 Å². The van der Waals surface area contributed by atoms with E-state index in [1.165, 1.54) is 39.9 Å². The summed E-state index contributed by atoms with van der Waals surface area (Å²) in [7, 11) is 1.96. The van der Waals surface area contributed by atoms with Crippen molar-refractivity contribution >= 4 is 39.1 Å². The van der Waals surface area contributed by atoms with Crippen LogP contribution in [0.15, 0.2) is 0 Å². The topological polar surface area (TPSA) is 37.8 Å². The molecular formula is C15H21N3S2. The van der Waals surface area contributed by atoms with Crippen LogP contribution >= 0.6 is 23.1 Å². The van der Waals surface area contributed by atoms with Crippen LogP contribution in [0.5, 0.6) is 0 Å². The molecule has 0 bridgehead atoms. The second-order valence-corrected chi connectivity index (χ2v) is 9.06. The van der Waals surface area contributed by atoms with E-state index in [4.69, 9.17) is 9.97 Å². The highest BCUT2D eigenvalue weighted by molar-refractivity contribution is 7.99. The molecule has 2 aromatic heterocycles. The number of fused-ring (bicyclic) bond motifs is 3. The molecule has 0 fully saturated rings. The summed E-state index contributed by atoms with van der Waals surface area (Å²) >= 11 is 3.76. The quantitative estimate of drug-likeness (QED) is 0.919. The summed E-state index contributed by atoms with van der Waals surface area (Å²) in [6, 6.07) is 0. The highest BCUT2D eigenvalue weighted by atomic mass is 32.2. The maximum Gasteiger partial charge on any atom is 0.142 e. The lowest BCUT2D eigenvalue weighted by molar-refractivity contribution is 0.800. The van der Waals surface area contributed by atoms with E-state index in [9.17, 15) is 0 Å².